The fourth-order valence-corrected chi connectivity index (χ4v) is 2.03. The van der Waals surface area contributed by atoms with Gasteiger partial charge in [-0.1, -0.05) is 37.0 Å². The van der Waals surface area contributed by atoms with Gasteiger partial charge in [-0.05, 0) is 0 Å². The summed E-state index contributed by atoms with van der Waals surface area (Å²) in [5.41, 5.74) is -0.415. The van der Waals surface area contributed by atoms with Crippen molar-refractivity contribution in [3.63, 3.8) is 0 Å². The number of halogens is 2. The highest BCUT2D eigenvalue weighted by atomic mass is 79.9. The molecule has 0 aromatic rings. The number of nitrogens with zero attached hydrogens (tertiary/aromatic N) is 1. The lowest BCUT2D eigenvalue weighted by Gasteiger charge is -2.23. The van der Waals surface area contributed by atoms with Crippen LogP contribution in [0.15, 0.2) is 5.18 Å². The predicted octanol–water partition coefficient (Wildman–Crippen LogP) is 1.52. The number of aliphatic hydroxyl groups excluding tert-OH is 1. The summed E-state index contributed by atoms with van der Waals surface area (Å²) in [7, 11) is 0. The number of aliphatic hydroxyl groups is 1. The van der Waals surface area contributed by atoms with E-state index in [0.29, 0.717) is 10.7 Å². The molecule has 0 aromatic heterocycles. The van der Waals surface area contributed by atoms with E-state index in [1.54, 1.807) is 0 Å². The molecule has 0 aliphatic carbocycles. The molecule has 0 saturated carbocycles. The maximum atomic E-state index is 9.89. The Morgan fingerprint density at radius 3 is 2.00 bits per heavy atom. The summed E-state index contributed by atoms with van der Waals surface area (Å²) >= 11 is 6.41. The van der Waals surface area contributed by atoms with E-state index < -0.39 is 5.41 Å². The highest BCUT2D eigenvalue weighted by Gasteiger charge is 2.27. The number of nitroso groups, excluding NO2 is 1. The molecule has 10 heavy (non-hydrogen) atoms. The number of hydrogen-bond donors (Lipinski definition) is 1. The molecule has 0 spiro atoms. The zero-order chi connectivity index (χ0) is 8.04. The largest absolute Gasteiger partial charge is 0.396 e. The summed E-state index contributed by atoms with van der Waals surface area (Å²) in [6.45, 7) is 0.106. The van der Waals surface area contributed by atoms with Gasteiger partial charge in [0.15, 0.2) is 0 Å². The Morgan fingerprint density at radius 1 is 1.40 bits per heavy atom. The van der Waals surface area contributed by atoms with E-state index in [-0.39, 0.29) is 13.2 Å². The molecule has 0 atom stereocenters. The summed E-state index contributed by atoms with van der Waals surface area (Å²) in [5.74, 6) is 0. The van der Waals surface area contributed by atoms with Gasteiger partial charge >= 0.3 is 0 Å². The van der Waals surface area contributed by atoms with E-state index in [4.69, 9.17) is 5.11 Å². The standard InChI is InChI=1S/C5H9Br2NO2/c6-1-5(2-7,4-9)3-8-10/h9H,1-4H2. The number of alkyl halides is 2. The van der Waals surface area contributed by atoms with Gasteiger partial charge < -0.3 is 5.11 Å². The zero-order valence-electron chi connectivity index (χ0n) is 5.39. The van der Waals surface area contributed by atoms with Crippen LogP contribution in [-0.4, -0.2) is 28.9 Å². The molecule has 3 nitrogen and oxygen atoms in total. The molecule has 0 aromatic carbocycles. The molecule has 0 amide bonds. The summed E-state index contributed by atoms with van der Waals surface area (Å²) in [4.78, 5) is 9.89. The molecule has 0 unspecified atom stereocenters. The lowest BCUT2D eigenvalue weighted by Crippen LogP contribution is -2.32. The van der Waals surface area contributed by atoms with Gasteiger partial charge in [0.2, 0.25) is 0 Å². The molecular weight excluding hydrogens is 266 g/mol. The summed E-state index contributed by atoms with van der Waals surface area (Å²) in [5, 5.41) is 12.8. The summed E-state index contributed by atoms with van der Waals surface area (Å²) in [6.07, 6.45) is 0. The molecule has 0 saturated heterocycles. The van der Waals surface area contributed by atoms with Gasteiger partial charge in [0.25, 0.3) is 0 Å². The maximum Gasteiger partial charge on any atom is 0.0905 e. The second-order valence-electron chi connectivity index (χ2n) is 2.21. The van der Waals surface area contributed by atoms with Gasteiger partial charge in [-0.25, -0.2) is 0 Å². The molecule has 0 bridgehead atoms. The van der Waals surface area contributed by atoms with Crippen LogP contribution >= 0.6 is 31.9 Å². The van der Waals surface area contributed by atoms with E-state index >= 15 is 0 Å². The smallest absolute Gasteiger partial charge is 0.0905 e. The maximum absolute atomic E-state index is 9.89. The lowest BCUT2D eigenvalue weighted by molar-refractivity contribution is 0.177. The van der Waals surface area contributed by atoms with Crippen LogP contribution in [0.2, 0.25) is 0 Å². The average Bonchev–Trinajstić information content (AvgIpc) is 2.01. The Labute approximate surface area is 76.4 Å². The Kier molecular flexibility index (Phi) is 5.48. The molecule has 0 fully saturated rings. The van der Waals surface area contributed by atoms with Crippen LogP contribution in [0, 0.1) is 10.3 Å². The van der Waals surface area contributed by atoms with Crippen molar-refractivity contribution in [1.29, 1.82) is 0 Å². The third kappa shape index (κ3) is 2.64. The van der Waals surface area contributed by atoms with E-state index in [1.807, 2.05) is 0 Å². The van der Waals surface area contributed by atoms with Gasteiger partial charge in [-0.2, -0.15) is 4.91 Å². The lowest BCUT2D eigenvalue weighted by atomic mass is 9.95. The van der Waals surface area contributed by atoms with Crippen LogP contribution in [0.3, 0.4) is 0 Å². The van der Waals surface area contributed by atoms with Gasteiger partial charge in [-0.3, -0.25) is 0 Å². The predicted molar refractivity (Wildman–Crippen MR) is 47.8 cm³/mol. The quantitative estimate of drug-likeness (QED) is 0.611. The molecule has 0 rings (SSSR count). The van der Waals surface area contributed by atoms with Crippen LogP contribution in [0.25, 0.3) is 0 Å². The second kappa shape index (κ2) is 5.21. The van der Waals surface area contributed by atoms with Crippen molar-refractivity contribution in [2.45, 2.75) is 0 Å². The SMILES string of the molecule is O=NCC(CO)(CBr)CBr. The van der Waals surface area contributed by atoms with Crippen molar-refractivity contribution in [3.05, 3.63) is 4.91 Å². The number of hydrogen-bond acceptors (Lipinski definition) is 3. The first-order chi connectivity index (χ1) is 4.74. The molecule has 60 valence electrons. The Hall–Kier alpha value is 0.520. The Bertz CT molecular complexity index is 97.6. The van der Waals surface area contributed by atoms with Crippen molar-refractivity contribution in [1.82, 2.24) is 0 Å². The van der Waals surface area contributed by atoms with Gasteiger partial charge in [-0.15, -0.1) is 0 Å². The van der Waals surface area contributed by atoms with Gasteiger partial charge in [0.1, 0.15) is 0 Å². The first-order valence-electron chi connectivity index (χ1n) is 2.76. The molecule has 5 heteroatoms. The number of rotatable bonds is 5. The van der Waals surface area contributed by atoms with Crippen LogP contribution in [-0.2, 0) is 0 Å². The average molecular weight is 275 g/mol. The third-order valence-electron chi connectivity index (χ3n) is 1.30. The van der Waals surface area contributed by atoms with E-state index in [1.165, 1.54) is 0 Å². The van der Waals surface area contributed by atoms with Gasteiger partial charge in [0.05, 0.1) is 13.2 Å². The normalized spacial score (nSPS) is 11.5. The molecule has 1 N–H and O–H groups in total. The van der Waals surface area contributed by atoms with Gasteiger partial charge in [0, 0.05) is 16.1 Å². The molecular formula is C5H9Br2NO2. The zero-order valence-corrected chi connectivity index (χ0v) is 8.56. The van der Waals surface area contributed by atoms with Crippen molar-refractivity contribution in [3.8, 4) is 0 Å². The first kappa shape index (κ1) is 10.5. The Morgan fingerprint density at radius 2 is 1.90 bits per heavy atom. The minimum Gasteiger partial charge on any atom is -0.396 e. The minimum absolute atomic E-state index is 0.0325. The van der Waals surface area contributed by atoms with Crippen LogP contribution in [0.5, 0.6) is 0 Å². The van der Waals surface area contributed by atoms with E-state index in [2.05, 4.69) is 37.0 Å². The Balaban J connectivity index is 4.00. The summed E-state index contributed by atoms with van der Waals surface area (Å²) < 4.78 is 0. The molecule has 0 aliphatic rings. The third-order valence-corrected chi connectivity index (χ3v) is 3.68. The molecule has 0 radical (unpaired) electrons. The minimum atomic E-state index is -0.415. The van der Waals surface area contributed by atoms with Crippen molar-refractivity contribution in [2.75, 3.05) is 23.8 Å². The van der Waals surface area contributed by atoms with Crippen LogP contribution in [0.1, 0.15) is 0 Å². The summed E-state index contributed by atoms with van der Waals surface area (Å²) in [6, 6.07) is 0. The van der Waals surface area contributed by atoms with Crippen LogP contribution < -0.4 is 0 Å². The topological polar surface area (TPSA) is 49.7 Å². The van der Waals surface area contributed by atoms with Crippen LogP contribution in [0.4, 0.5) is 0 Å². The highest BCUT2D eigenvalue weighted by molar-refractivity contribution is 9.09. The highest BCUT2D eigenvalue weighted by Crippen LogP contribution is 2.22. The first-order valence-corrected chi connectivity index (χ1v) is 5.01. The fraction of sp³-hybridized carbons (Fsp3) is 1.00. The van der Waals surface area contributed by atoms with E-state index in [0.717, 1.165) is 0 Å². The van der Waals surface area contributed by atoms with Crippen molar-refractivity contribution in [2.24, 2.45) is 10.6 Å². The van der Waals surface area contributed by atoms with E-state index in [9.17, 15) is 4.91 Å². The second-order valence-corrected chi connectivity index (χ2v) is 3.33. The fourth-order valence-electron chi connectivity index (χ4n) is 0.392. The monoisotopic (exact) mass is 273 g/mol. The van der Waals surface area contributed by atoms with Crippen molar-refractivity contribution >= 4 is 31.9 Å². The molecule has 0 aliphatic heterocycles. The molecule has 0 heterocycles. The van der Waals surface area contributed by atoms with Crippen molar-refractivity contribution < 1.29 is 5.11 Å².